The Morgan fingerprint density at radius 2 is 1.19 bits per heavy atom. The summed E-state index contributed by atoms with van der Waals surface area (Å²) in [6.07, 6.45) is 17.2. The number of aromatic nitrogens is 1. The van der Waals surface area contributed by atoms with Gasteiger partial charge in [-0.25, -0.2) is 0 Å². The van der Waals surface area contributed by atoms with Gasteiger partial charge >= 0.3 is 6.85 Å². The largest absolute Gasteiger partial charge is 0.375 e. The van der Waals surface area contributed by atoms with E-state index < -0.39 is 0 Å². The van der Waals surface area contributed by atoms with E-state index in [1.807, 2.05) is 0 Å². The van der Waals surface area contributed by atoms with Crippen LogP contribution in [0, 0.1) is 60.2 Å². The van der Waals surface area contributed by atoms with E-state index in [0.29, 0.717) is 21.7 Å². The van der Waals surface area contributed by atoms with Gasteiger partial charge in [-0.3, -0.25) is 0 Å². The molecule has 11 aliphatic rings. The highest BCUT2D eigenvalue weighted by molar-refractivity contribution is 6.90. The Bertz CT molecular complexity index is 3530. The molecule has 67 heavy (non-hydrogen) atoms. The van der Waals surface area contributed by atoms with Crippen molar-refractivity contribution in [2.24, 2.45) is 46.3 Å². The van der Waals surface area contributed by atoms with Crippen LogP contribution in [-0.4, -0.2) is 11.3 Å². The first-order valence-electron chi connectivity index (χ1n) is 27.1. The molecule has 7 aromatic rings. The molecule has 8 saturated carbocycles. The third-order valence-corrected chi connectivity index (χ3v) is 24.0. The van der Waals surface area contributed by atoms with Crippen molar-refractivity contribution in [2.45, 2.75) is 140 Å². The van der Waals surface area contributed by atoms with E-state index in [-0.39, 0.29) is 17.7 Å². The fraction of sp³-hybridized carbons (Fsp3) is 0.469. The number of anilines is 3. The minimum absolute atomic E-state index is 0.0730. The molecule has 0 saturated heterocycles. The number of fused-ring (bicyclic) bond motifs is 12. The van der Waals surface area contributed by atoms with Gasteiger partial charge in [0.1, 0.15) is 0 Å². The molecule has 6 aromatic carbocycles. The van der Waals surface area contributed by atoms with E-state index in [1.54, 1.807) is 22.1 Å². The van der Waals surface area contributed by atoms with Gasteiger partial charge in [0.05, 0.1) is 5.69 Å². The molecule has 9 aliphatic carbocycles. The fourth-order valence-electron chi connectivity index (χ4n) is 21.1. The van der Waals surface area contributed by atoms with Crippen LogP contribution >= 0.6 is 0 Å². The van der Waals surface area contributed by atoms with E-state index in [9.17, 15) is 0 Å². The van der Waals surface area contributed by atoms with Gasteiger partial charge in [0.2, 0.25) is 0 Å². The summed E-state index contributed by atoms with van der Waals surface area (Å²) in [6.45, 7) is 14.8. The monoisotopic (exact) mass is 871 g/mol. The van der Waals surface area contributed by atoms with Crippen LogP contribution in [0.25, 0.3) is 43.7 Å². The standard InChI is InChI=1S/C64H63BN2/c1-34-17-47-49-26-38(62-30-43-22-40-23-44(31-62)64(40,43)33-62)25-48-46-24-37(61-28-41-20-39-21-42(29-61)63(39,41)32-61)12-14-53(46)67(57(48)49)65-52-13-11-36-9-7-8-10-45(36)58(52)66(55(18-34)56(47)65)54-27-51-50(19-35(54)2)59(3,4)15-16-60(51,5)6/h7-14,17-19,24-27,39-44H,15-16,20-23,28-33H2,1-6H3. The molecule has 3 heterocycles. The van der Waals surface area contributed by atoms with Crippen LogP contribution in [0.15, 0.2) is 91.0 Å². The third kappa shape index (κ3) is 3.88. The van der Waals surface area contributed by atoms with E-state index in [4.69, 9.17) is 0 Å². The molecule has 0 amide bonds. The van der Waals surface area contributed by atoms with Crippen molar-refractivity contribution in [1.82, 2.24) is 4.48 Å². The van der Waals surface area contributed by atoms with E-state index in [2.05, 4.69) is 142 Å². The van der Waals surface area contributed by atoms with Crippen LogP contribution in [0.1, 0.15) is 138 Å². The molecule has 2 nitrogen and oxygen atoms in total. The Kier molecular flexibility index (Phi) is 6.10. The summed E-state index contributed by atoms with van der Waals surface area (Å²) in [5.41, 5.74) is 24.6. The van der Waals surface area contributed by atoms with Gasteiger partial charge in [0.15, 0.2) is 0 Å². The Balaban J connectivity index is 0.938. The van der Waals surface area contributed by atoms with Crippen molar-refractivity contribution < 1.29 is 0 Å². The molecule has 2 aliphatic heterocycles. The van der Waals surface area contributed by atoms with Gasteiger partial charge < -0.3 is 9.38 Å². The summed E-state index contributed by atoms with van der Waals surface area (Å²) in [6, 6.07) is 38.5. The minimum atomic E-state index is 0.0730. The maximum absolute atomic E-state index is 2.90. The van der Waals surface area contributed by atoms with Crippen molar-refractivity contribution in [3.05, 3.63) is 124 Å². The molecule has 4 atom stereocenters. The zero-order valence-corrected chi connectivity index (χ0v) is 40.6. The number of hydrogen-bond donors (Lipinski definition) is 0. The number of rotatable bonds is 3. The maximum Gasteiger partial charge on any atom is 0.333 e. The molecule has 8 fully saturated rings. The number of aryl methyl sites for hydroxylation is 2. The molecule has 18 rings (SSSR count). The summed E-state index contributed by atoms with van der Waals surface area (Å²) in [5.74, 6) is 5.98. The Labute approximate surface area is 397 Å². The van der Waals surface area contributed by atoms with Crippen LogP contribution < -0.4 is 15.8 Å². The molecule has 332 valence electrons. The summed E-state index contributed by atoms with van der Waals surface area (Å²) < 4.78 is 2.90. The molecular formula is C64H63BN2. The topological polar surface area (TPSA) is 8.17 Å². The Hall–Kier alpha value is -4.76. The van der Waals surface area contributed by atoms with Crippen molar-refractivity contribution in [3.8, 4) is 11.1 Å². The summed E-state index contributed by atoms with van der Waals surface area (Å²) in [5, 5.41) is 5.77. The minimum Gasteiger partial charge on any atom is -0.375 e. The SMILES string of the molecule is Cc1cc2c3c(c1)N(c1cc4c(cc1C)C(C)(C)CCC4(C)C)c1c(ccc4ccccc14)B3n1c3ccc(C45CC6CC7CC(C4)C76C5)cc3c3cc(C45CC6CC7CC(C4)C76C5)cc-2c31. The van der Waals surface area contributed by atoms with Crippen LogP contribution in [0.4, 0.5) is 17.1 Å². The summed E-state index contributed by atoms with van der Waals surface area (Å²) in [7, 11) is 0. The van der Waals surface area contributed by atoms with Gasteiger partial charge in [-0.2, -0.15) is 0 Å². The highest BCUT2D eigenvalue weighted by Crippen LogP contribution is 2.86. The predicted octanol–water partition coefficient (Wildman–Crippen LogP) is 14.5. The smallest absolute Gasteiger partial charge is 0.333 e. The van der Waals surface area contributed by atoms with Gasteiger partial charge in [0, 0.05) is 44.1 Å². The number of benzene rings is 6. The molecule has 2 spiro atoms. The normalized spacial score (nSPS) is 36.8. The first-order chi connectivity index (χ1) is 32.3. The van der Waals surface area contributed by atoms with Crippen molar-refractivity contribution >= 4 is 67.4 Å². The molecule has 0 radical (unpaired) electrons. The third-order valence-electron chi connectivity index (χ3n) is 24.0. The molecule has 1 aromatic heterocycles. The second-order valence-corrected chi connectivity index (χ2v) is 27.3. The van der Waals surface area contributed by atoms with Crippen LogP contribution in [0.3, 0.4) is 0 Å². The van der Waals surface area contributed by atoms with Crippen molar-refractivity contribution in [3.63, 3.8) is 0 Å². The van der Waals surface area contributed by atoms with Crippen LogP contribution in [0.2, 0.25) is 0 Å². The van der Waals surface area contributed by atoms with Gasteiger partial charge in [-0.15, -0.1) is 0 Å². The highest BCUT2D eigenvalue weighted by Gasteiger charge is 2.78. The maximum atomic E-state index is 2.90. The molecule has 4 unspecified atom stereocenters. The number of nitrogens with zero attached hydrogens (tertiary/aromatic N) is 2. The Morgan fingerprint density at radius 3 is 1.87 bits per heavy atom. The lowest BCUT2D eigenvalue weighted by Gasteiger charge is -2.66. The molecule has 4 bridgehead atoms. The van der Waals surface area contributed by atoms with E-state index >= 15 is 0 Å². The van der Waals surface area contributed by atoms with Crippen LogP contribution in [-0.2, 0) is 21.7 Å². The summed E-state index contributed by atoms with van der Waals surface area (Å²) in [4.78, 5) is 2.78. The lowest BCUT2D eigenvalue weighted by Crippen LogP contribution is -2.59. The van der Waals surface area contributed by atoms with E-state index in [1.165, 1.54) is 160 Å². The second kappa shape index (κ2) is 11.0. The van der Waals surface area contributed by atoms with Crippen molar-refractivity contribution in [1.29, 1.82) is 0 Å². The average Bonchev–Trinajstić information content (AvgIpc) is 4.07. The first-order valence-corrected chi connectivity index (χ1v) is 27.1. The lowest BCUT2D eigenvalue weighted by atomic mass is 9.38. The molecule has 0 N–H and O–H groups in total. The molecule has 3 heteroatoms. The highest BCUT2D eigenvalue weighted by atomic mass is 15.2. The lowest BCUT2D eigenvalue weighted by molar-refractivity contribution is -0.175. The molecular weight excluding hydrogens is 808 g/mol. The van der Waals surface area contributed by atoms with Gasteiger partial charge in [-0.05, 0) is 251 Å². The number of hydrogen-bond acceptors (Lipinski definition) is 1. The quantitative estimate of drug-likeness (QED) is 0.161. The van der Waals surface area contributed by atoms with Gasteiger partial charge in [0.25, 0.3) is 0 Å². The summed E-state index contributed by atoms with van der Waals surface area (Å²) >= 11 is 0. The Morgan fingerprint density at radius 1 is 0.552 bits per heavy atom. The van der Waals surface area contributed by atoms with Crippen molar-refractivity contribution in [2.75, 3.05) is 4.90 Å². The first kappa shape index (κ1) is 37.2. The predicted molar refractivity (Wildman–Crippen MR) is 278 cm³/mol. The van der Waals surface area contributed by atoms with Crippen LogP contribution in [0.5, 0.6) is 0 Å². The van der Waals surface area contributed by atoms with Gasteiger partial charge in [-0.1, -0.05) is 82.3 Å². The zero-order valence-electron chi connectivity index (χ0n) is 40.6. The second-order valence-electron chi connectivity index (χ2n) is 27.3. The zero-order chi connectivity index (χ0) is 44.3. The fourth-order valence-corrected chi connectivity index (χ4v) is 21.1. The average molecular weight is 871 g/mol. The van der Waals surface area contributed by atoms with E-state index in [0.717, 1.165) is 35.5 Å².